The molecule has 2 aromatic carbocycles. The van der Waals surface area contributed by atoms with Gasteiger partial charge < -0.3 is 5.32 Å². The Labute approximate surface area is 179 Å². The van der Waals surface area contributed by atoms with E-state index >= 15 is 0 Å². The van der Waals surface area contributed by atoms with E-state index in [1.807, 2.05) is 11.8 Å². The molecule has 0 bridgehead atoms. The van der Waals surface area contributed by atoms with Crippen molar-refractivity contribution in [3.8, 4) is 0 Å². The van der Waals surface area contributed by atoms with Crippen LogP contribution < -0.4 is 5.32 Å². The highest BCUT2D eigenvalue weighted by atomic mass is 32.2. The number of nitrogens with zero attached hydrogens (tertiary/aromatic N) is 2. The van der Waals surface area contributed by atoms with E-state index in [0.29, 0.717) is 32.7 Å². The molecule has 0 aromatic heterocycles. The topological polar surface area (TPSA) is 69.7 Å². The van der Waals surface area contributed by atoms with Crippen LogP contribution in [0.25, 0.3) is 0 Å². The molecule has 0 saturated carbocycles. The minimum atomic E-state index is -4.51. The summed E-state index contributed by atoms with van der Waals surface area (Å²) < 4.78 is 65.3. The van der Waals surface area contributed by atoms with E-state index in [2.05, 4.69) is 5.32 Å². The van der Waals surface area contributed by atoms with Crippen molar-refractivity contribution < 1.29 is 26.4 Å². The van der Waals surface area contributed by atoms with Crippen LogP contribution in [-0.2, 0) is 16.2 Å². The summed E-state index contributed by atoms with van der Waals surface area (Å²) in [5.74, 6) is -0.577. The van der Waals surface area contributed by atoms with Crippen LogP contribution in [0.3, 0.4) is 0 Å². The van der Waals surface area contributed by atoms with Crippen LogP contribution in [0.2, 0.25) is 0 Å². The lowest BCUT2D eigenvalue weighted by molar-refractivity contribution is -0.137. The molecule has 1 aliphatic heterocycles. The molecule has 2 aromatic rings. The molecule has 0 spiro atoms. The molecule has 1 N–H and O–H groups in total. The Bertz CT molecular complexity index is 1020. The maximum absolute atomic E-state index is 12.8. The Balaban J connectivity index is 1.47. The minimum Gasteiger partial charge on any atom is -0.351 e. The zero-order valence-electron chi connectivity index (χ0n) is 17.0. The maximum Gasteiger partial charge on any atom is 0.416 e. The molecule has 10 heteroatoms. The number of carbonyl (C=O) groups excluding carboxylic acids is 1. The van der Waals surface area contributed by atoms with Crippen molar-refractivity contribution in [1.29, 1.82) is 0 Å². The number of nitrogens with one attached hydrogen (secondary N) is 1. The van der Waals surface area contributed by atoms with Gasteiger partial charge in [-0.05, 0) is 37.3 Å². The molecule has 168 valence electrons. The van der Waals surface area contributed by atoms with Crippen molar-refractivity contribution in [2.45, 2.75) is 18.0 Å². The molecule has 6 nitrogen and oxygen atoms in total. The van der Waals surface area contributed by atoms with Gasteiger partial charge in [-0.3, -0.25) is 9.69 Å². The maximum atomic E-state index is 12.8. The van der Waals surface area contributed by atoms with Crippen LogP contribution in [0.5, 0.6) is 0 Å². The second-order valence-corrected chi connectivity index (χ2v) is 9.33. The van der Waals surface area contributed by atoms with Crippen LogP contribution >= 0.6 is 0 Å². The number of alkyl halides is 3. The number of hydrogen-bond acceptors (Lipinski definition) is 4. The largest absolute Gasteiger partial charge is 0.416 e. The second kappa shape index (κ2) is 9.37. The van der Waals surface area contributed by atoms with Gasteiger partial charge in [0.1, 0.15) is 0 Å². The number of hydrogen-bond donors (Lipinski definition) is 1. The smallest absolute Gasteiger partial charge is 0.351 e. The van der Waals surface area contributed by atoms with E-state index in [4.69, 9.17) is 0 Å². The monoisotopic (exact) mass is 455 g/mol. The number of halogens is 3. The summed E-state index contributed by atoms with van der Waals surface area (Å²) in [4.78, 5) is 14.4. The molecule has 1 heterocycles. The summed E-state index contributed by atoms with van der Waals surface area (Å²) in [6, 6.07) is 11.0. The van der Waals surface area contributed by atoms with Gasteiger partial charge in [0.25, 0.3) is 5.91 Å². The summed E-state index contributed by atoms with van der Waals surface area (Å²) in [6.07, 6.45) is -4.51. The van der Waals surface area contributed by atoms with E-state index < -0.39 is 27.7 Å². The average Bonchev–Trinajstić information content (AvgIpc) is 2.74. The summed E-state index contributed by atoms with van der Waals surface area (Å²) in [5.41, 5.74) is 0.0610. The van der Waals surface area contributed by atoms with E-state index in [1.54, 1.807) is 24.3 Å². The van der Waals surface area contributed by atoms with Crippen molar-refractivity contribution in [2.24, 2.45) is 0 Å². The third-order valence-corrected chi connectivity index (χ3v) is 7.07. The molecular weight excluding hydrogens is 431 g/mol. The first-order valence-corrected chi connectivity index (χ1v) is 11.3. The van der Waals surface area contributed by atoms with Crippen LogP contribution in [-0.4, -0.2) is 62.8 Å². The zero-order valence-corrected chi connectivity index (χ0v) is 17.8. The van der Waals surface area contributed by atoms with Gasteiger partial charge >= 0.3 is 6.18 Å². The van der Waals surface area contributed by atoms with Crippen LogP contribution in [0, 0.1) is 6.92 Å². The summed E-state index contributed by atoms with van der Waals surface area (Å²) in [7, 11) is -3.54. The number of amides is 1. The molecule has 3 rings (SSSR count). The Morgan fingerprint density at radius 3 is 2.29 bits per heavy atom. The first-order chi connectivity index (χ1) is 14.6. The molecule has 1 saturated heterocycles. The molecule has 0 aliphatic carbocycles. The first-order valence-electron chi connectivity index (χ1n) is 9.82. The van der Waals surface area contributed by atoms with Gasteiger partial charge in [-0.15, -0.1) is 0 Å². The number of sulfonamides is 1. The summed E-state index contributed by atoms with van der Waals surface area (Å²) >= 11 is 0. The van der Waals surface area contributed by atoms with Crippen molar-refractivity contribution >= 4 is 15.9 Å². The lowest BCUT2D eigenvalue weighted by Crippen LogP contribution is -2.50. The van der Waals surface area contributed by atoms with Gasteiger partial charge in [-0.1, -0.05) is 23.8 Å². The predicted molar refractivity (Wildman–Crippen MR) is 110 cm³/mol. The third-order valence-electron chi connectivity index (χ3n) is 5.16. The quantitative estimate of drug-likeness (QED) is 0.727. The Kier molecular flexibility index (Phi) is 7.03. The van der Waals surface area contributed by atoms with Gasteiger partial charge in [0.15, 0.2) is 0 Å². The number of rotatable bonds is 6. The summed E-state index contributed by atoms with van der Waals surface area (Å²) in [5, 5.41) is 2.62. The Morgan fingerprint density at radius 2 is 1.68 bits per heavy atom. The average molecular weight is 456 g/mol. The Morgan fingerprint density at radius 1 is 1.03 bits per heavy atom. The van der Waals surface area contributed by atoms with E-state index in [1.165, 1.54) is 16.4 Å². The van der Waals surface area contributed by atoms with Crippen molar-refractivity contribution in [2.75, 3.05) is 39.3 Å². The molecule has 0 radical (unpaired) electrons. The molecule has 1 amide bonds. The van der Waals surface area contributed by atoms with Gasteiger partial charge in [0.2, 0.25) is 10.0 Å². The van der Waals surface area contributed by atoms with Crippen molar-refractivity contribution in [3.05, 3.63) is 65.2 Å². The lowest BCUT2D eigenvalue weighted by atomic mass is 10.1. The lowest BCUT2D eigenvalue weighted by Gasteiger charge is -2.34. The van der Waals surface area contributed by atoms with Crippen LogP contribution in [0.1, 0.15) is 21.5 Å². The van der Waals surface area contributed by atoms with Gasteiger partial charge in [-0.2, -0.15) is 17.5 Å². The molecule has 0 atom stereocenters. The highest BCUT2D eigenvalue weighted by Crippen LogP contribution is 2.29. The van der Waals surface area contributed by atoms with Crippen molar-refractivity contribution in [1.82, 2.24) is 14.5 Å². The van der Waals surface area contributed by atoms with E-state index in [9.17, 15) is 26.4 Å². The van der Waals surface area contributed by atoms with Gasteiger partial charge in [-0.25, -0.2) is 8.42 Å². The first kappa shape index (κ1) is 23.2. The van der Waals surface area contributed by atoms with E-state index in [-0.39, 0.29) is 17.0 Å². The molecule has 31 heavy (non-hydrogen) atoms. The third kappa shape index (κ3) is 5.84. The fourth-order valence-corrected chi connectivity index (χ4v) is 4.74. The SMILES string of the molecule is Cc1ccc(S(=O)(=O)N2CCN(CCNC(=O)c3cccc(C(F)(F)F)c3)CC2)cc1. The van der Waals surface area contributed by atoms with Gasteiger partial charge in [0.05, 0.1) is 10.5 Å². The number of aryl methyl sites for hydroxylation is 1. The van der Waals surface area contributed by atoms with Crippen LogP contribution in [0.4, 0.5) is 13.2 Å². The predicted octanol–water partition coefficient (Wildman–Crippen LogP) is 2.75. The number of benzene rings is 2. The molecule has 1 fully saturated rings. The van der Waals surface area contributed by atoms with E-state index in [0.717, 1.165) is 17.7 Å². The second-order valence-electron chi connectivity index (χ2n) is 7.39. The Hall–Kier alpha value is -2.43. The number of carbonyl (C=O) groups is 1. The fourth-order valence-electron chi connectivity index (χ4n) is 3.32. The highest BCUT2D eigenvalue weighted by molar-refractivity contribution is 7.89. The normalized spacial score (nSPS) is 16.3. The van der Waals surface area contributed by atoms with Gasteiger partial charge in [0, 0.05) is 44.8 Å². The van der Waals surface area contributed by atoms with Crippen LogP contribution in [0.15, 0.2) is 53.4 Å². The molecular formula is C21H24F3N3O3S. The molecule has 0 unspecified atom stereocenters. The highest BCUT2D eigenvalue weighted by Gasteiger charge is 2.31. The minimum absolute atomic E-state index is 0.0520. The molecule has 1 aliphatic rings. The summed E-state index contributed by atoms with van der Waals surface area (Å²) in [6.45, 7) is 4.29. The zero-order chi connectivity index (χ0) is 22.6. The van der Waals surface area contributed by atoms with Crippen molar-refractivity contribution in [3.63, 3.8) is 0 Å². The standard InChI is InChI=1S/C21H24F3N3O3S/c1-16-5-7-19(8-6-16)31(29,30)27-13-11-26(12-14-27)10-9-25-20(28)17-3-2-4-18(15-17)21(22,23)24/h2-8,15H,9-14H2,1H3,(H,25,28). The fraction of sp³-hybridized carbons (Fsp3) is 0.381. The number of piperazine rings is 1.